The fourth-order valence-corrected chi connectivity index (χ4v) is 5.88. The Labute approximate surface area is 264 Å². The molecule has 3 aromatic rings. The van der Waals surface area contributed by atoms with Crippen LogP contribution in [0.25, 0.3) is 10.9 Å². The minimum Gasteiger partial charge on any atom is -0.497 e. The first-order valence-electron chi connectivity index (χ1n) is 15.5. The maximum Gasteiger partial charge on any atom is 0.410 e. The van der Waals surface area contributed by atoms with Crippen LogP contribution in [0, 0.1) is 0 Å². The van der Waals surface area contributed by atoms with Crippen LogP contribution in [0.4, 0.5) is 4.79 Å². The molecule has 11 nitrogen and oxygen atoms in total. The van der Waals surface area contributed by atoms with Gasteiger partial charge in [-0.15, -0.1) is 0 Å². The summed E-state index contributed by atoms with van der Waals surface area (Å²) in [5, 5.41) is 0.708. The molecule has 2 amide bonds. The average molecular weight is 621 g/mol. The van der Waals surface area contributed by atoms with Gasteiger partial charge in [0.1, 0.15) is 24.6 Å². The Balaban J connectivity index is 1.30. The van der Waals surface area contributed by atoms with Gasteiger partial charge in [-0.2, -0.15) is 0 Å². The number of benzene rings is 2. The van der Waals surface area contributed by atoms with Crippen molar-refractivity contribution in [2.45, 2.75) is 58.3 Å². The highest BCUT2D eigenvalue weighted by Gasteiger charge is 2.32. The molecule has 0 radical (unpaired) electrons. The van der Waals surface area contributed by atoms with Gasteiger partial charge >= 0.3 is 6.09 Å². The first-order valence-corrected chi connectivity index (χ1v) is 15.5. The lowest BCUT2D eigenvalue weighted by atomic mass is 10.0. The summed E-state index contributed by atoms with van der Waals surface area (Å²) < 4.78 is 24.4. The van der Waals surface area contributed by atoms with Crippen molar-refractivity contribution in [2.75, 3.05) is 54.1 Å². The number of piperidine rings is 1. The summed E-state index contributed by atoms with van der Waals surface area (Å²) in [6.07, 6.45) is 1.20. The Morgan fingerprint density at radius 2 is 1.67 bits per heavy atom. The number of amides is 2. The van der Waals surface area contributed by atoms with Crippen LogP contribution in [0.15, 0.2) is 47.3 Å². The Morgan fingerprint density at radius 3 is 2.33 bits per heavy atom. The summed E-state index contributed by atoms with van der Waals surface area (Å²) >= 11 is 0. The summed E-state index contributed by atoms with van der Waals surface area (Å²) in [5.41, 5.74) is 1.14. The van der Waals surface area contributed by atoms with E-state index in [4.69, 9.17) is 18.9 Å². The fourth-order valence-electron chi connectivity index (χ4n) is 5.88. The summed E-state index contributed by atoms with van der Waals surface area (Å²) in [6, 6.07) is 12.7. The van der Waals surface area contributed by atoms with Crippen LogP contribution in [0.3, 0.4) is 0 Å². The van der Waals surface area contributed by atoms with E-state index in [1.165, 1.54) is 11.0 Å². The third kappa shape index (κ3) is 7.53. The lowest BCUT2D eigenvalue weighted by molar-refractivity contribution is 0.00562. The second kappa shape index (κ2) is 13.4. The van der Waals surface area contributed by atoms with Crippen LogP contribution < -0.4 is 19.8 Å². The molecule has 0 aliphatic carbocycles. The molecule has 5 rings (SSSR count). The number of nitrogens with zero attached hydrogens (tertiary/aromatic N) is 4. The van der Waals surface area contributed by atoms with Crippen LogP contribution in [0.1, 0.15) is 49.5 Å². The number of pyridine rings is 1. The molecule has 2 aromatic carbocycles. The molecule has 45 heavy (non-hydrogen) atoms. The zero-order chi connectivity index (χ0) is 32.3. The quantitative estimate of drug-likeness (QED) is 0.366. The van der Waals surface area contributed by atoms with E-state index in [0.29, 0.717) is 66.6 Å². The number of ether oxygens (including phenoxy) is 4. The molecule has 0 saturated carbocycles. The summed E-state index contributed by atoms with van der Waals surface area (Å²) in [5.74, 6) is 1.80. The standard InChI is InChI=1S/C34H44N4O7/c1-34(2,3)45-33(41)38(22-23-7-10-29-30(19-23)44-18-17-43-29)24-11-13-36(14-12-24)15-16-37-28-20-25(42-6)8-9-26(28)27(21-31(37)39)32(40)35(4)5/h7-10,19-21,24H,11-18,22H2,1-6H3. The molecule has 11 heteroatoms. The molecule has 3 heterocycles. The lowest BCUT2D eigenvalue weighted by Crippen LogP contribution is -2.49. The van der Waals surface area contributed by atoms with E-state index in [9.17, 15) is 14.4 Å². The number of aromatic nitrogens is 1. The molecule has 2 aliphatic heterocycles. The van der Waals surface area contributed by atoms with Gasteiger partial charge in [0.05, 0.1) is 18.2 Å². The first-order chi connectivity index (χ1) is 21.4. The first kappa shape index (κ1) is 32.2. The van der Waals surface area contributed by atoms with Crippen molar-refractivity contribution >= 4 is 22.9 Å². The largest absolute Gasteiger partial charge is 0.497 e. The predicted octanol–water partition coefficient (Wildman–Crippen LogP) is 4.38. The number of likely N-dealkylation sites (tertiary alicyclic amines) is 1. The smallest absolute Gasteiger partial charge is 0.410 e. The zero-order valence-corrected chi connectivity index (χ0v) is 27.1. The van der Waals surface area contributed by atoms with Crippen molar-refractivity contribution in [1.82, 2.24) is 19.3 Å². The van der Waals surface area contributed by atoms with Gasteiger partial charge in [0.25, 0.3) is 11.5 Å². The number of hydrogen-bond acceptors (Lipinski definition) is 8. The summed E-state index contributed by atoms with van der Waals surface area (Å²) in [7, 11) is 4.93. The van der Waals surface area contributed by atoms with Crippen molar-refractivity contribution in [2.24, 2.45) is 0 Å². The molecule has 1 saturated heterocycles. The molecular formula is C34H44N4O7. The van der Waals surface area contributed by atoms with Crippen LogP contribution in [-0.4, -0.2) is 97.0 Å². The summed E-state index contributed by atoms with van der Waals surface area (Å²) in [6.45, 7) is 9.67. The van der Waals surface area contributed by atoms with Crippen molar-refractivity contribution in [1.29, 1.82) is 0 Å². The third-order valence-corrected chi connectivity index (χ3v) is 8.18. The average Bonchev–Trinajstić information content (AvgIpc) is 3.01. The van der Waals surface area contributed by atoms with E-state index in [1.54, 1.807) is 31.8 Å². The second-order valence-corrected chi connectivity index (χ2v) is 12.8. The Morgan fingerprint density at radius 1 is 0.956 bits per heavy atom. The Kier molecular flexibility index (Phi) is 9.57. The highest BCUT2D eigenvalue weighted by Crippen LogP contribution is 2.32. The number of hydrogen-bond donors (Lipinski definition) is 0. The number of carbonyl (C=O) groups excluding carboxylic acids is 2. The molecule has 0 bridgehead atoms. The topological polar surface area (TPSA) is 103 Å². The molecule has 1 fully saturated rings. The Bertz CT molecular complexity index is 1600. The van der Waals surface area contributed by atoms with Crippen molar-refractivity contribution in [3.63, 3.8) is 0 Å². The molecule has 242 valence electrons. The maximum atomic E-state index is 13.4. The maximum absolute atomic E-state index is 13.4. The van der Waals surface area contributed by atoms with Gasteiger partial charge < -0.3 is 38.2 Å². The van der Waals surface area contributed by atoms with E-state index in [2.05, 4.69) is 4.90 Å². The minimum atomic E-state index is -0.617. The fraction of sp³-hybridized carbons (Fsp3) is 0.500. The molecule has 1 aromatic heterocycles. The SMILES string of the molecule is COc1ccc2c(C(=O)N(C)C)cc(=O)n(CCN3CCC(N(Cc4ccc5c(c4)OCCO5)C(=O)OC(C)(C)C)CC3)c2c1. The van der Waals surface area contributed by atoms with Gasteiger partial charge in [0.15, 0.2) is 11.5 Å². The molecule has 0 N–H and O–H groups in total. The number of rotatable bonds is 8. The predicted molar refractivity (Wildman–Crippen MR) is 171 cm³/mol. The van der Waals surface area contributed by atoms with E-state index in [0.717, 1.165) is 31.5 Å². The van der Waals surface area contributed by atoms with Gasteiger partial charge in [0, 0.05) is 70.4 Å². The van der Waals surface area contributed by atoms with E-state index >= 15 is 0 Å². The molecule has 0 atom stereocenters. The number of fused-ring (bicyclic) bond motifs is 2. The minimum absolute atomic E-state index is 0.00607. The molecule has 0 unspecified atom stereocenters. The zero-order valence-electron chi connectivity index (χ0n) is 27.1. The lowest BCUT2D eigenvalue weighted by Gasteiger charge is -2.39. The normalized spacial score (nSPS) is 15.5. The van der Waals surface area contributed by atoms with E-state index in [-0.39, 0.29) is 23.6 Å². The van der Waals surface area contributed by atoms with Gasteiger partial charge in [-0.1, -0.05) is 6.07 Å². The summed E-state index contributed by atoms with van der Waals surface area (Å²) in [4.78, 5) is 45.2. The van der Waals surface area contributed by atoms with Crippen LogP contribution in [0.2, 0.25) is 0 Å². The molecule has 2 aliphatic rings. The van der Waals surface area contributed by atoms with Gasteiger partial charge in [-0.3, -0.25) is 9.59 Å². The second-order valence-electron chi connectivity index (χ2n) is 12.8. The van der Waals surface area contributed by atoms with E-state index < -0.39 is 5.60 Å². The monoisotopic (exact) mass is 620 g/mol. The van der Waals surface area contributed by atoms with Crippen LogP contribution in [-0.2, 0) is 17.8 Å². The van der Waals surface area contributed by atoms with E-state index in [1.807, 2.05) is 56.0 Å². The number of carbonyl (C=O) groups is 2. The van der Waals surface area contributed by atoms with Crippen molar-refractivity contribution < 1.29 is 28.5 Å². The molecule has 0 spiro atoms. The highest BCUT2D eigenvalue weighted by molar-refractivity contribution is 6.06. The highest BCUT2D eigenvalue weighted by atomic mass is 16.6. The van der Waals surface area contributed by atoms with Crippen molar-refractivity contribution in [3.05, 3.63) is 63.9 Å². The van der Waals surface area contributed by atoms with Gasteiger partial charge in [0.2, 0.25) is 0 Å². The molecular weight excluding hydrogens is 576 g/mol. The van der Waals surface area contributed by atoms with Crippen LogP contribution in [0.5, 0.6) is 17.2 Å². The van der Waals surface area contributed by atoms with Gasteiger partial charge in [-0.05, 0) is 63.4 Å². The van der Waals surface area contributed by atoms with Crippen LogP contribution >= 0.6 is 0 Å². The third-order valence-electron chi connectivity index (χ3n) is 8.18. The number of methoxy groups -OCH3 is 1. The van der Waals surface area contributed by atoms with Gasteiger partial charge in [-0.25, -0.2) is 4.79 Å². The van der Waals surface area contributed by atoms with Crippen molar-refractivity contribution in [3.8, 4) is 17.2 Å². The Hall–Kier alpha value is -4.25.